The zero-order chi connectivity index (χ0) is 32.2. The molecule has 2 amide bonds. The Kier molecular flexibility index (Phi) is 9.69. The van der Waals surface area contributed by atoms with Crippen LogP contribution in [0.15, 0.2) is 35.2 Å². The van der Waals surface area contributed by atoms with Gasteiger partial charge in [0.1, 0.15) is 24.0 Å². The summed E-state index contributed by atoms with van der Waals surface area (Å²) in [5, 5.41) is 6.36. The maximum absolute atomic E-state index is 13.8. The van der Waals surface area contributed by atoms with Crippen molar-refractivity contribution in [3.05, 3.63) is 42.2 Å². The van der Waals surface area contributed by atoms with Gasteiger partial charge in [0.15, 0.2) is 11.4 Å². The smallest absolute Gasteiger partial charge is 0.416 e. The average molecular weight is 627 g/mol. The van der Waals surface area contributed by atoms with E-state index in [2.05, 4.69) is 20.4 Å². The number of oxazole rings is 1. The van der Waals surface area contributed by atoms with Crippen LogP contribution in [0.5, 0.6) is 0 Å². The van der Waals surface area contributed by atoms with E-state index in [4.69, 9.17) is 9.15 Å². The van der Waals surface area contributed by atoms with E-state index >= 15 is 0 Å². The summed E-state index contributed by atoms with van der Waals surface area (Å²) in [7, 11) is 0. The van der Waals surface area contributed by atoms with E-state index in [9.17, 15) is 36.3 Å². The van der Waals surface area contributed by atoms with E-state index in [0.29, 0.717) is 25.7 Å². The minimum Gasteiger partial charge on any atom is -0.444 e. The molecule has 0 aliphatic heterocycles. The lowest BCUT2D eigenvalue weighted by molar-refractivity contribution is -0.132. The fourth-order valence-corrected chi connectivity index (χ4v) is 4.60. The molecule has 0 unspecified atom stereocenters. The highest BCUT2D eigenvalue weighted by Crippen LogP contribution is 2.34. The first-order valence-electron chi connectivity index (χ1n) is 13.8. The van der Waals surface area contributed by atoms with Crippen molar-refractivity contribution in [2.24, 2.45) is 5.92 Å². The number of alkyl halides is 5. The van der Waals surface area contributed by atoms with Crippen LogP contribution >= 0.6 is 0 Å². The van der Waals surface area contributed by atoms with Gasteiger partial charge in [-0.15, -0.1) is 0 Å². The monoisotopic (exact) mass is 626 g/mol. The van der Waals surface area contributed by atoms with Gasteiger partial charge in [-0.1, -0.05) is 0 Å². The third-order valence-corrected chi connectivity index (χ3v) is 6.76. The molecule has 0 bridgehead atoms. The Morgan fingerprint density at radius 2 is 1.91 bits per heavy atom. The molecular formula is C28H31F5N6O5. The summed E-state index contributed by atoms with van der Waals surface area (Å²) in [4.78, 5) is 45.5. The number of aldehydes is 1. The van der Waals surface area contributed by atoms with E-state index in [1.165, 1.54) is 29.2 Å². The first-order chi connectivity index (χ1) is 20.6. The van der Waals surface area contributed by atoms with Crippen LogP contribution in [0.3, 0.4) is 0 Å². The zero-order valence-electron chi connectivity index (χ0n) is 24.1. The van der Waals surface area contributed by atoms with Crippen LogP contribution in [0.1, 0.15) is 81.5 Å². The molecule has 3 heterocycles. The number of halogens is 5. The molecule has 3 aromatic heterocycles. The molecule has 11 nitrogen and oxygen atoms in total. The van der Waals surface area contributed by atoms with E-state index in [0.717, 1.165) is 17.4 Å². The quantitative estimate of drug-likeness (QED) is 0.204. The minimum absolute atomic E-state index is 0.0753. The number of aromatic nitrogens is 4. The molecule has 3 aromatic rings. The third-order valence-electron chi connectivity index (χ3n) is 6.76. The van der Waals surface area contributed by atoms with Gasteiger partial charge < -0.3 is 19.3 Å². The molecule has 1 fully saturated rings. The number of carbonyl (C=O) groups is 3. The molecular weight excluding hydrogens is 595 g/mol. The number of carbonyl (C=O) groups excluding carboxylic acids is 3. The van der Waals surface area contributed by atoms with E-state index < -0.39 is 48.9 Å². The van der Waals surface area contributed by atoms with Gasteiger partial charge in [0.2, 0.25) is 5.89 Å². The molecule has 1 aliphatic rings. The summed E-state index contributed by atoms with van der Waals surface area (Å²) in [5.74, 6) is -1.27. The maximum atomic E-state index is 13.8. The number of hydrogen-bond acceptors (Lipinski definition) is 8. The van der Waals surface area contributed by atoms with Crippen molar-refractivity contribution < 1.29 is 45.5 Å². The molecule has 1 N–H and O–H groups in total. The first-order valence-corrected chi connectivity index (χ1v) is 13.8. The molecule has 16 heteroatoms. The molecule has 0 spiro atoms. The van der Waals surface area contributed by atoms with Crippen molar-refractivity contribution in [2.45, 2.75) is 77.1 Å². The number of nitrogens with zero attached hydrogens (tertiary/aromatic N) is 5. The molecule has 1 saturated carbocycles. The molecule has 0 radical (unpaired) electrons. The average Bonchev–Trinajstić information content (AvgIpc) is 3.60. The molecule has 44 heavy (non-hydrogen) atoms. The molecule has 4 rings (SSSR count). The van der Waals surface area contributed by atoms with Crippen LogP contribution in [0.2, 0.25) is 0 Å². The lowest BCUT2D eigenvalue weighted by atomic mass is 9.87. The predicted molar refractivity (Wildman–Crippen MR) is 146 cm³/mol. The second-order valence-corrected chi connectivity index (χ2v) is 11.3. The van der Waals surface area contributed by atoms with Crippen LogP contribution in [0.4, 0.5) is 38.3 Å². The molecule has 1 aliphatic carbocycles. The second-order valence-electron chi connectivity index (χ2n) is 11.3. The highest BCUT2D eigenvalue weighted by Gasteiger charge is 2.32. The van der Waals surface area contributed by atoms with Crippen molar-refractivity contribution in [3.8, 4) is 11.5 Å². The van der Waals surface area contributed by atoms with Crippen LogP contribution in [0, 0.1) is 5.92 Å². The Morgan fingerprint density at radius 3 is 2.52 bits per heavy atom. The molecule has 0 aromatic carbocycles. The highest BCUT2D eigenvalue weighted by atomic mass is 19.4. The number of amides is 2. The summed E-state index contributed by atoms with van der Waals surface area (Å²) in [5.41, 5.74) is -1.94. The Balaban J connectivity index is 1.52. The standard InChI is InChI=1S/C28H31F5N6O5/c1-27(2,3)44-26(42)38(11-9-28(31,32)33)21-12-17(8-10-34-21)25-36-20(15-43-25)24(41)35-19-13-39(37-22(19)23(29)30)18-6-4-16(14-40)5-7-18/h8,10,12-16,18,23H,4-7,9,11H2,1-3H3,(H,35,41). The highest BCUT2D eigenvalue weighted by molar-refractivity contribution is 6.03. The van der Waals surface area contributed by atoms with Crippen molar-refractivity contribution in [1.29, 1.82) is 0 Å². The van der Waals surface area contributed by atoms with Gasteiger partial charge in [0, 0.05) is 30.4 Å². The van der Waals surface area contributed by atoms with Gasteiger partial charge in [0.25, 0.3) is 12.3 Å². The van der Waals surface area contributed by atoms with E-state index in [-0.39, 0.29) is 40.6 Å². The van der Waals surface area contributed by atoms with E-state index in [1.54, 1.807) is 20.8 Å². The first kappa shape index (κ1) is 32.5. The minimum atomic E-state index is -4.56. The number of pyridine rings is 1. The van der Waals surface area contributed by atoms with Crippen molar-refractivity contribution in [2.75, 3.05) is 16.8 Å². The van der Waals surface area contributed by atoms with Crippen LogP contribution in [-0.4, -0.2) is 56.4 Å². The van der Waals surface area contributed by atoms with Gasteiger partial charge in [0.05, 0.1) is 18.2 Å². The topological polar surface area (TPSA) is 132 Å². The van der Waals surface area contributed by atoms with Crippen LogP contribution in [0.25, 0.3) is 11.5 Å². The summed E-state index contributed by atoms with van der Waals surface area (Å²) < 4.78 is 78.5. The van der Waals surface area contributed by atoms with Crippen molar-refractivity contribution in [3.63, 3.8) is 0 Å². The SMILES string of the molecule is CC(C)(C)OC(=O)N(CCC(F)(F)F)c1cc(-c2nc(C(=O)Nc3cn(C4CCC(C=O)CC4)nc3C(F)F)co2)ccn1. The van der Waals surface area contributed by atoms with Crippen LogP contribution < -0.4 is 10.2 Å². The van der Waals surface area contributed by atoms with E-state index in [1.807, 2.05) is 0 Å². The van der Waals surface area contributed by atoms with Gasteiger partial charge in [-0.25, -0.2) is 23.5 Å². The van der Waals surface area contributed by atoms with Crippen molar-refractivity contribution in [1.82, 2.24) is 19.7 Å². The van der Waals surface area contributed by atoms with Gasteiger partial charge in [-0.3, -0.25) is 14.4 Å². The number of hydrogen-bond donors (Lipinski definition) is 1. The summed E-state index contributed by atoms with van der Waals surface area (Å²) in [6.45, 7) is 3.91. The largest absolute Gasteiger partial charge is 0.444 e. The van der Waals surface area contributed by atoms with Gasteiger partial charge >= 0.3 is 12.3 Å². The zero-order valence-corrected chi connectivity index (χ0v) is 24.1. The van der Waals surface area contributed by atoms with Gasteiger partial charge in [-0.05, 0) is 58.6 Å². The number of anilines is 2. The lowest BCUT2D eigenvalue weighted by Crippen LogP contribution is -2.39. The van der Waals surface area contributed by atoms with Gasteiger partial charge in [-0.2, -0.15) is 18.3 Å². The maximum Gasteiger partial charge on any atom is 0.416 e. The van der Waals surface area contributed by atoms with Crippen LogP contribution in [-0.2, 0) is 9.53 Å². The fourth-order valence-electron chi connectivity index (χ4n) is 4.60. The molecule has 0 atom stereocenters. The predicted octanol–water partition coefficient (Wildman–Crippen LogP) is 6.75. The second kappa shape index (κ2) is 13.1. The summed E-state index contributed by atoms with van der Waals surface area (Å²) >= 11 is 0. The molecule has 238 valence electrons. The molecule has 0 saturated heterocycles. The number of nitrogens with one attached hydrogen (secondary N) is 1. The Hall–Kier alpha value is -4.37. The Morgan fingerprint density at radius 1 is 1.20 bits per heavy atom. The third kappa shape index (κ3) is 8.38. The van der Waals surface area contributed by atoms with Crippen molar-refractivity contribution >= 4 is 29.8 Å². The summed E-state index contributed by atoms with van der Waals surface area (Å²) in [6.07, 6.45) is -3.15. The number of ether oxygens (including phenoxy) is 1. The Bertz CT molecular complexity index is 1470. The lowest BCUT2D eigenvalue weighted by Gasteiger charge is -2.27. The summed E-state index contributed by atoms with van der Waals surface area (Å²) in [6, 6.07) is 2.43. The normalized spacial score (nSPS) is 17.4. The number of rotatable bonds is 9. The fraction of sp³-hybridized carbons (Fsp3) is 0.500. The Labute approximate surface area is 248 Å².